The van der Waals surface area contributed by atoms with E-state index in [1.165, 1.54) is 18.3 Å². The number of hydrogen-bond donors (Lipinski definition) is 2. The number of halogens is 1. The van der Waals surface area contributed by atoms with Gasteiger partial charge in [0.15, 0.2) is 5.69 Å². The van der Waals surface area contributed by atoms with Crippen LogP contribution >= 0.6 is 22.9 Å². The minimum absolute atomic E-state index is 0.174. The van der Waals surface area contributed by atoms with Crippen LogP contribution in [0.4, 0.5) is 11.4 Å². The molecule has 0 unspecified atom stereocenters. The Balaban J connectivity index is 1.79. The zero-order valence-corrected chi connectivity index (χ0v) is 15.1. The van der Waals surface area contributed by atoms with Crippen LogP contribution in [0.2, 0.25) is 4.34 Å². The second-order valence-electron chi connectivity index (χ2n) is 5.36. The van der Waals surface area contributed by atoms with Crippen LogP contribution in [0.25, 0.3) is 10.6 Å². The lowest BCUT2D eigenvalue weighted by Gasteiger charge is -2.06. The summed E-state index contributed by atoms with van der Waals surface area (Å²) in [5.41, 5.74) is 2.30. The Kier molecular flexibility index (Phi) is 4.87. The second kappa shape index (κ2) is 7.08. The van der Waals surface area contributed by atoms with Crippen LogP contribution in [0.5, 0.6) is 0 Å². The Hall–Kier alpha value is -2.64. The minimum atomic E-state index is -0.329. The summed E-state index contributed by atoms with van der Waals surface area (Å²) in [5, 5.41) is 9.72. The summed E-state index contributed by atoms with van der Waals surface area (Å²) in [5.74, 6) is -0.503. The van der Waals surface area contributed by atoms with Gasteiger partial charge in [0, 0.05) is 25.3 Å². The monoisotopic (exact) mass is 374 g/mol. The van der Waals surface area contributed by atoms with Crippen molar-refractivity contribution in [1.29, 1.82) is 0 Å². The normalized spacial score (nSPS) is 10.5. The van der Waals surface area contributed by atoms with Gasteiger partial charge in [0.1, 0.15) is 0 Å². The van der Waals surface area contributed by atoms with E-state index in [-0.39, 0.29) is 11.8 Å². The van der Waals surface area contributed by atoms with E-state index in [1.54, 1.807) is 42.1 Å². The zero-order chi connectivity index (χ0) is 18.0. The summed E-state index contributed by atoms with van der Waals surface area (Å²) in [6.45, 7) is 1.43. The molecule has 2 amide bonds. The lowest BCUT2D eigenvalue weighted by atomic mass is 10.2. The quantitative estimate of drug-likeness (QED) is 0.724. The van der Waals surface area contributed by atoms with E-state index in [2.05, 4.69) is 15.7 Å². The molecule has 2 heterocycles. The predicted molar refractivity (Wildman–Crippen MR) is 100 cm³/mol. The maximum absolute atomic E-state index is 12.5. The molecule has 0 aliphatic carbocycles. The SMILES string of the molecule is CC(=O)Nc1cccc(NC(=O)c2cc(-c3ccc(Cl)s3)n(C)n2)c1. The summed E-state index contributed by atoms with van der Waals surface area (Å²) >= 11 is 7.39. The average molecular weight is 375 g/mol. The number of nitrogens with one attached hydrogen (secondary N) is 2. The molecule has 0 atom stereocenters. The Morgan fingerprint density at radius 3 is 2.48 bits per heavy atom. The van der Waals surface area contributed by atoms with Crippen LogP contribution in [-0.4, -0.2) is 21.6 Å². The van der Waals surface area contributed by atoms with Gasteiger partial charge in [0.05, 0.1) is 14.9 Å². The number of amides is 2. The van der Waals surface area contributed by atoms with Gasteiger partial charge < -0.3 is 10.6 Å². The number of carbonyl (C=O) groups is 2. The summed E-state index contributed by atoms with van der Waals surface area (Å²) in [6.07, 6.45) is 0. The van der Waals surface area contributed by atoms with Gasteiger partial charge in [-0.25, -0.2) is 0 Å². The highest BCUT2D eigenvalue weighted by molar-refractivity contribution is 7.19. The molecule has 0 saturated heterocycles. The number of aromatic nitrogens is 2. The van der Waals surface area contributed by atoms with Crippen LogP contribution < -0.4 is 10.6 Å². The Morgan fingerprint density at radius 1 is 1.12 bits per heavy atom. The predicted octanol–water partition coefficient (Wildman–Crippen LogP) is 4.01. The standard InChI is InChI=1S/C17H15ClN4O2S/c1-10(23)19-11-4-3-5-12(8-11)20-17(24)13-9-14(22(2)21-13)15-6-7-16(18)25-15/h3-9H,1-2H3,(H,19,23)(H,20,24). The van der Waals surface area contributed by atoms with Crippen LogP contribution in [0.1, 0.15) is 17.4 Å². The van der Waals surface area contributed by atoms with E-state index in [0.29, 0.717) is 21.4 Å². The van der Waals surface area contributed by atoms with Gasteiger partial charge in [0.25, 0.3) is 5.91 Å². The van der Waals surface area contributed by atoms with E-state index in [9.17, 15) is 9.59 Å². The number of thiophene rings is 1. The molecule has 0 saturated carbocycles. The maximum Gasteiger partial charge on any atom is 0.276 e. The van der Waals surface area contributed by atoms with Gasteiger partial charge >= 0.3 is 0 Å². The fraction of sp³-hybridized carbons (Fsp3) is 0.118. The summed E-state index contributed by atoms with van der Waals surface area (Å²) in [6, 6.07) is 12.3. The van der Waals surface area contributed by atoms with Gasteiger partial charge in [-0.1, -0.05) is 17.7 Å². The minimum Gasteiger partial charge on any atom is -0.326 e. The molecule has 8 heteroatoms. The molecular formula is C17H15ClN4O2S. The van der Waals surface area contributed by atoms with E-state index in [1.807, 2.05) is 12.1 Å². The number of aryl methyl sites for hydroxylation is 1. The van der Waals surface area contributed by atoms with Gasteiger partial charge in [-0.3, -0.25) is 14.3 Å². The number of nitrogens with zero attached hydrogens (tertiary/aromatic N) is 2. The molecule has 0 spiro atoms. The van der Waals surface area contributed by atoms with Gasteiger partial charge in [-0.05, 0) is 36.4 Å². The third kappa shape index (κ3) is 4.07. The average Bonchev–Trinajstić information content (AvgIpc) is 3.12. The molecule has 25 heavy (non-hydrogen) atoms. The van der Waals surface area contributed by atoms with Crippen LogP contribution in [0.3, 0.4) is 0 Å². The highest BCUT2D eigenvalue weighted by Crippen LogP contribution is 2.31. The lowest BCUT2D eigenvalue weighted by molar-refractivity contribution is -0.114. The molecule has 0 aliphatic heterocycles. The number of rotatable bonds is 4. The first-order chi connectivity index (χ1) is 11.9. The Bertz CT molecular complexity index is 948. The largest absolute Gasteiger partial charge is 0.326 e. The second-order valence-corrected chi connectivity index (χ2v) is 7.07. The third-order valence-electron chi connectivity index (χ3n) is 3.38. The van der Waals surface area contributed by atoms with E-state index in [4.69, 9.17) is 11.6 Å². The molecule has 2 aromatic heterocycles. The molecule has 6 nitrogen and oxygen atoms in total. The van der Waals surface area contributed by atoms with Crippen molar-refractivity contribution >= 4 is 46.1 Å². The van der Waals surface area contributed by atoms with E-state index >= 15 is 0 Å². The molecule has 0 radical (unpaired) electrons. The molecule has 3 rings (SSSR count). The van der Waals surface area contributed by atoms with Crippen molar-refractivity contribution in [2.75, 3.05) is 10.6 Å². The Labute approximate surface area is 153 Å². The highest BCUT2D eigenvalue weighted by Gasteiger charge is 2.15. The molecule has 1 aromatic carbocycles. The molecule has 0 fully saturated rings. The summed E-state index contributed by atoms with van der Waals surface area (Å²) < 4.78 is 2.32. The van der Waals surface area contributed by atoms with Crippen molar-refractivity contribution < 1.29 is 9.59 Å². The van der Waals surface area contributed by atoms with Gasteiger partial charge in [-0.15, -0.1) is 11.3 Å². The van der Waals surface area contributed by atoms with Crippen molar-refractivity contribution in [2.24, 2.45) is 7.05 Å². The fourth-order valence-electron chi connectivity index (χ4n) is 2.33. The number of benzene rings is 1. The van der Waals surface area contributed by atoms with Crippen molar-refractivity contribution in [1.82, 2.24) is 9.78 Å². The number of anilines is 2. The molecular weight excluding hydrogens is 360 g/mol. The number of carbonyl (C=O) groups excluding carboxylic acids is 2. The first kappa shape index (κ1) is 17.2. The Morgan fingerprint density at radius 2 is 1.84 bits per heavy atom. The molecule has 3 aromatic rings. The smallest absolute Gasteiger partial charge is 0.276 e. The number of hydrogen-bond acceptors (Lipinski definition) is 4. The van der Waals surface area contributed by atoms with Crippen LogP contribution in [-0.2, 0) is 11.8 Å². The van der Waals surface area contributed by atoms with Crippen molar-refractivity contribution in [2.45, 2.75) is 6.92 Å². The third-order valence-corrected chi connectivity index (χ3v) is 4.63. The van der Waals surface area contributed by atoms with Crippen molar-refractivity contribution in [3.05, 3.63) is 52.5 Å². The van der Waals surface area contributed by atoms with E-state index < -0.39 is 0 Å². The first-order valence-corrected chi connectivity index (χ1v) is 8.60. The topological polar surface area (TPSA) is 76.0 Å². The molecule has 0 aliphatic rings. The van der Waals surface area contributed by atoms with Crippen molar-refractivity contribution in [3.8, 4) is 10.6 Å². The highest BCUT2D eigenvalue weighted by atomic mass is 35.5. The van der Waals surface area contributed by atoms with Gasteiger partial charge in [-0.2, -0.15) is 5.10 Å². The zero-order valence-electron chi connectivity index (χ0n) is 13.5. The van der Waals surface area contributed by atoms with E-state index in [0.717, 1.165) is 10.6 Å². The molecule has 0 bridgehead atoms. The van der Waals surface area contributed by atoms with Gasteiger partial charge in [0.2, 0.25) is 5.91 Å². The molecule has 128 valence electrons. The maximum atomic E-state index is 12.5. The lowest BCUT2D eigenvalue weighted by Crippen LogP contribution is -2.13. The van der Waals surface area contributed by atoms with Crippen LogP contribution in [0, 0.1) is 0 Å². The molecule has 2 N–H and O–H groups in total. The fourth-order valence-corrected chi connectivity index (χ4v) is 3.42. The summed E-state index contributed by atoms with van der Waals surface area (Å²) in [7, 11) is 1.77. The van der Waals surface area contributed by atoms with Crippen LogP contribution in [0.15, 0.2) is 42.5 Å². The summed E-state index contributed by atoms with van der Waals surface area (Å²) in [4.78, 5) is 24.5. The first-order valence-electron chi connectivity index (χ1n) is 7.41. The van der Waals surface area contributed by atoms with Crippen molar-refractivity contribution in [3.63, 3.8) is 0 Å².